The summed E-state index contributed by atoms with van der Waals surface area (Å²) in [7, 11) is 1.93. The molecule has 0 amide bonds. The van der Waals surface area contributed by atoms with Crippen LogP contribution in [0.5, 0.6) is 0 Å². The van der Waals surface area contributed by atoms with Gasteiger partial charge in [0.15, 0.2) is 0 Å². The summed E-state index contributed by atoms with van der Waals surface area (Å²) >= 11 is 0. The van der Waals surface area contributed by atoms with E-state index in [1.165, 1.54) is 0 Å². The van der Waals surface area contributed by atoms with Crippen molar-refractivity contribution < 1.29 is 9.90 Å². The van der Waals surface area contributed by atoms with Crippen LogP contribution >= 0.6 is 0 Å². The first-order valence-corrected chi connectivity index (χ1v) is 6.07. The molecule has 2 rings (SSSR count). The smallest absolute Gasteiger partial charge is 0.336 e. The van der Waals surface area contributed by atoms with Gasteiger partial charge in [0.2, 0.25) is 0 Å². The highest BCUT2D eigenvalue weighted by Crippen LogP contribution is 2.23. The number of carboxylic acid groups (broad SMARTS) is 1. The van der Waals surface area contributed by atoms with Gasteiger partial charge in [-0.2, -0.15) is 0 Å². The topological polar surface area (TPSA) is 67.2 Å². The molecule has 1 atom stereocenters. The Kier molecular flexibility index (Phi) is 3.55. The predicted molar refractivity (Wildman–Crippen MR) is 73.4 cm³/mol. The number of nitrogens with zero attached hydrogens (tertiary/aromatic N) is 2. The summed E-state index contributed by atoms with van der Waals surface area (Å²) in [6.07, 6.45) is 3.63. The molecule has 1 unspecified atom stereocenters. The van der Waals surface area contributed by atoms with Crippen molar-refractivity contribution in [2.24, 2.45) is 7.05 Å². The van der Waals surface area contributed by atoms with Gasteiger partial charge in [0.1, 0.15) is 5.82 Å². The number of aromatic carboxylic acids is 1. The first-order chi connectivity index (χ1) is 9.00. The average molecular weight is 259 g/mol. The van der Waals surface area contributed by atoms with Crippen molar-refractivity contribution in [2.45, 2.75) is 19.9 Å². The van der Waals surface area contributed by atoms with Crippen LogP contribution in [0.1, 0.15) is 34.7 Å². The Hall–Kier alpha value is -2.30. The van der Waals surface area contributed by atoms with Gasteiger partial charge in [-0.1, -0.05) is 6.07 Å². The van der Waals surface area contributed by atoms with E-state index >= 15 is 0 Å². The largest absolute Gasteiger partial charge is 0.478 e. The third-order valence-corrected chi connectivity index (χ3v) is 3.18. The molecule has 0 fully saturated rings. The third-order valence-electron chi connectivity index (χ3n) is 3.18. The van der Waals surface area contributed by atoms with Gasteiger partial charge < -0.3 is 15.0 Å². The van der Waals surface area contributed by atoms with Crippen LogP contribution in [-0.4, -0.2) is 20.6 Å². The maximum Gasteiger partial charge on any atom is 0.336 e. The van der Waals surface area contributed by atoms with E-state index < -0.39 is 5.97 Å². The van der Waals surface area contributed by atoms with Crippen LogP contribution in [0.25, 0.3) is 0 Å². The molecule has 19 heavy (non-hydrogen) atoms. The Morgan fingerprint density at radius 2 is 2.21 bits per heavy atom. The van der Waals surface area contributed by atoms with Crippen molar-refractivity contribution >= 4 is 11.7 Å². The zero-order valence-electron chi connectivity index (χ0n) is 11.2. The van der Waals surface area contributed by atoms with Crippen LogP contribution in [0.15, 0.2) is 30.6 Å². The minimum absolute atomic E-state index is 0.00254. The van der Waals surface area contributed by atoms with Gasteiger partial charge in [-0.3, -0.25) is 0 Å². The van der Waals surface area contributed by atoms with Gasteiger partial charge in [0, 0.05) is 25.1 Å². The molecule has 0 bridgehead atoms. The molecule has 2 N–H and O–H groups in total. The van der Waals surface area contributed by atoms with Gasteiger partial charge in [0.05, 0.1) is 11.6 Å². The van der Waals surface area contributed by atoms with E-state index in [-0.39, 0.29) is 6.04 Å². The lowest BCUT2D eigenvalue weighted by Crippen LogP contribution is -2.13. The van der Waals surface area contributed by atoms with Crippen LogP contribution < -0.4 is 5.32 Å². The summed E-state index contributed by atoms with van der Waals surface area (Å²) in [6.45, 7) is 3.80. The lowest BCUT2D eigenvalue weighted by atomic mass is 10.1. The standard InChI is InChI=1S/C14H17N3O2/c1-9-11(14(18)19)5-4-6-12(9)16-10(2)13-15-7-8-17(13)3/h4-8,10,16H,1-3H3,(H,18,19). The zero-order chi connectivity index (χ0) is 14.0. The molecule has 100 valence electrons. The first-order valence-electron chi connectivity index (χ1n) is 6.07. The summed E-state index contributed by atoms with van der Waals surface area (Å²) in [6, 6.07) is 5.22. The van der Waals surface area contributed by atoms with E-state index in [0.717, 1.165) is 17.1 Å². The van der Waals surface area contributed by atoms with Gasteiger partial charge in [0.25, 0.3) is 0 Å². The van der Waals surface area contributed by atoms with Crippen LogP contribution in [0.4, 0.5) is 5.69 Å². The number of imidazole rings is 1. The Morgan fingerprint density at radius 3 is 2.79 bits per heavy atom. The lowest BCUT2D eigenvalue weighted by molar-refractivity contribution is 0.0696. The molecule has 0 aliphatic carbocycles. The van der Waals surface area contributed by atoms with E-state index in [2.05, 4.69) is 10.3 Å². The highest BCUT2D eigenvalue weighted by Gasteiger charge is 2.14. The van der Waals surface area contributed by atoms with Crippen LogP contribution in [0.3, 0.4) is 0 Å². The van der Waals surface area contributed by atoms with Crippen molar-refractivity contribution in [3.63, 3.8) is 0 Å². The summed E-state index contributed by atoms with van der Waals surface area (Å²) in [5, 5.41) is 12.4. The van der Waals surface area contributed by atoms with Gasteiger partial charge in [-0.05, 0) is 31.5 Å². The molecule has 1 aromatic heterocycles. The van der Waals surface area contributed by atoms with E-state index in [1.54, 1.807) is 25.3 Å². The second-order valence-corrected chi connectivity index (χ2v) is 4.55. The second-order valence-electron chi connectivity index (χ2n) is 4.55. The maximum absolute atomic E-state index is 11.1. The maximum atomic E-state index is 11.1. The summed E-state index contributed by atoms with van der Waals surface area (Å²) in [4.78, 5) is 15.4. The molecule has 0 aliphatic rings. The molecule has 0 spiro atoms. The summed E-state index contributed by atoms with van der Waals surface area (Å²) < 4.78 is 1.94. The molecule has 1 heterocycles. The van der Waals surface area contributed by atoms with E-state index in [1.807, 2.05) is 30.8 Å². The first kappa shape index (κ1) is 13.1. The highest BCUT2D eigenvalue weighted by molar-refractivity contribution is 5.91. The van der Waals surface area contributed by atoms with Gasteiger partial charge >= 0.3 is 5.97 Å². The number of aromatic nitrogens is 2. The van der Waals surface area contributed by atoms with Crippen molar-refractivity contribution in [1.29, 1.82) is 0 Å². The Labute approximate surface area is 111 Å². The number of anilines is 1. The predicted octanol–water partition coefficient (Wildman–Crippen LogP) is 2.60. The van der Waals surface area contributed by atoms with Crippen molar-refractivity contribution in [2.75, 3.05) is 5.32 Å². The SMILES string of the molecule is Cc1c(NC(C)c2nccn2C)cccc1C(=O)O. The van der Waals surface area contributed by atoms with E-state index in [0.29, 0.717) is 5.56 Å². The second kappa shape index (κ2) is 5.14. The molecule has 5 nitrogen and oxygen atoms in total. The number of carboxylic acids is 1. The molecule has 0 radical (unpaired) electrons. The quantitative estimate of drug-likeness (QED) is 0.885. The van der Waals surface area contributed by atoms with E-state index in [9.17, 15) is 4.79 Å². The van der Waals surface area contributed by atoms with Gasteiger partial charge in [-0.25, -0.2) is 9.78 Å². The fraction of sp³-hybridized carbons (Fsp3) is 0.286. The highest BCUT2D eigenvalue weighted by atomic mass is 16.4. The fourth-order valence-electron chi connectivity index (χ4n) is 2.12. The molecule has 1 aromatic carbocycles. The normalized spacial score (nSPS) is 12.2. The average Bonchev–Trinajstić information content (AvgIpc) is 2.77. The molecular formula is C14H17N3O2. The van der Waals surface area contributed by atoms with Crippen LogP contribution in [0.2, 0.25) is 0 Å². The fourth-order valence-corrected chi connectivity index (χ4v) is 2.12. The third kappa shape index (κ3) is 2.59. The zero-order valence-corrected chi connectivity index (χ0v) is 11.2. The number of hydrogen-bond donors (Lipinski definition) is 2. The Balaban J connectivity index is 2.27. The number of aryl methyl sites for hydroxylation is 1. The van der Waals surface area contributed by atoms with Crippen LogP contribution in [-0.2, 0) is 7.05 Å². The number of rotatable bonds is 4. The van der Waals surface area contributed by atoms with Crippen LogP contribution in [0, 0.1) is 6.92 Å². The molecule has 5 heteroatoms. The number of nitrogens with one attached hydrogen (secondary N) is 1. The van der Waals surface area contributed by atoms with Crippen molar-refractivity contribution in [1.82, 2.24) is 9.55 Å². The molecule has 0 saturated carbocycles. The number of hydrogen-bond acceptors (Lipinski definition) is 3. The molecular weight excluding hydrogens is 242 g/mol. The monoisotopic (exact) mass is 259 g/mol. The number of benzene rings is 1. The Bertz CT molecular complexity index is 604. The Morgan fingerprint density at radius 1 is 1.47 bits per heavy atom. The molecule has 2 aromatic rings. The van der Waals surface area contributed by atoms with Crippen molar-refractivity contribution in [3.8, 4) is 0 Å². The minimum Gasteiger partial charge on any atom is -0.478 e. The molecule has 0 saturated heterocycles. The lowest BCUT2D eigenvalue weighted by Gasteiger charge is -2.17. The van der Waals surface area contributed by atoms with Crippen molar-refractivity contribution in [3.05, 3.63) is 47.5 Å². The summed E-state index contributed by atoms with van der Waals surface area (Å²) in [5.41, 5.74) is 1.86. The summed E-state index contributed by atoms with van der Waals surface area (Å²) in [5.74, 6) is -0.00840. The number of carbonyl (C=O) groups is 1. The van der Waals surface area contributed by atoms with E-state index in [4.69, 9.17) is 5.11 Å². The molecule has 0 aliphatic heterocycles. The minimum atomic E-state index is -0.911. The van der Waals surface area contributed by atoms with Gasteiger partial charge in [-0.15, -0.1) is 0 Å².